The van der Waals surface area contributed by atoms with Crippen molar-refractivity contribution in [1.82, 2.24) is 19.9 Å². The van der Waals surface area contributed by atoms with Crippen LogP contribution in [0.1, 0.15) is 24.0 Å². The summed E-state index contributed by atoms with van der Waals surface area (Å²) in [6.45, 7) is 5.61. The topological polar surface area (TPSA) is 84.9 Å². The fourth-order valence-electron chi connectivity index (χ4n) is 1.64. The molecule has 0 unspecified atom stereocenters. The third-order valence-electron chi connectivity index (χ3n) is 2.62. The highest BCUT2D eigenvalue weighted by molar-refractivity contribution is 7.09. The summed E-state index contributed by atoms with van der Waals surface area (Å²) in [6.07, 6.45) is 1.84. The Bertz CT molecular complexity index is 574. The number of anilines is 2. The normalized spacial score (nSPS) is 10.4. The molecule has 0 atom stereocenters. The van der Waals surface area contributed by atoms with Gasteiger partial charge in [-0.2, -0.15) is 15.0 Å². The first-order valence-corrected chi connectivity index (χ1v) is 7.78. The van der Waals surface area contributed by atoms with Gasteiger partial charge >= 0.3 is 6.01 Å². The first-order chi connectivity index (χ1) is 10.2. The van der Waals surface area contributed by atoms with Gasteiger partial charge in [-0.25, -0.2) is 4.98 Å². The fraction of sp³-hybridized carbons (Fsp3) is 0.538. The van der Waals surface area contributed by atoms with Crippen LogP contribution in [0.5, 0.6) is 6.01 Å². The Hall–Kier alpha value is -1.96. The van der Waals surface area contributed by atoms with Gasteiger partial charge in [0.15, 0.2) is 0 Å². The van der Waals surface area contributed by atoms with Crippen LogP contribution in [0.2, 0.25) is 0 Å². The summed E-state index contributed by atoms with van der Waals surface area (Å²) in [5, 5.41) is 9.46. The Labute approximate surface area is 128 Å². The average molecular weight is 308 g/mol. The molecule has 2 heterocycles. The lowest BCUT2D eigenvalue weighted by molar-refractivity contribution is 0.379. The highest BCUT2D eigenvalue weighted by Gasteiger charge is 2.06. The fourth-order valence-corrected chi connectivity index (χ4v) is 2.42. The summed E-state index contributed by atoms with van der Waals surface area (Å²) in [5.74, 6) is 1.03. The summed E-state index contributed by atoms with van der Waals surface area (Å²) in [6, 6.07) is 0.302. The van der Waals surface area contributed by atoms with Crippen molar-refractivity contribution in [3.63, 3.8) is 0 Å². The molecule has 0 amide bonds. The molecule has 2 N–H and O–H groups in total. The SMILES string of the molecule is CCCNc1nc(NCCc2nc(C)cs2)nc(OC)n1. The number of aryl methyl sites for hydroxylation is 1. The van der Waals surface area contributed by atoms with Crippen molar-refractivity contribution < 1.29 is 4.74 Å². The summed E-state index contributed by atoms with van der Waals surface area (Å²) in [5.41, 5.74) is 1.06. The number of thiazole rings is 1. The number of hydrogen-bond donors (Lipinski definition) is 2. The predicted octanol–water partition coefficient (Wildman–Crippen LogP) is 2.12. The highest BCUT2D eigenvalue weighted by Crippen LogP contribution is 2.12. The van der Waals surface area contributed by atoms with Crippen LogP contribution in [-0.4, -0.2) is 40.1 Å². The minimum Gasteiger partial charge on any atom is -0.467 e. The molecule has 2 aromatic heterocycles. The third-order valence-corrected chi connectivity index (χ3v) is 3.65. The van der Waals surface area contributed by atoms with E-state index in [9.17, 15) is 0 Å². The number of aromatic nitrogens is 4. The van der Waals surface area contributed by atoms with E-state index in [-0.39, 0.29) is 0 Å². The van der Waals surface area contributed by atoms with E-state index in [0.717, 1.165) is 30.1 Å². The average Bonchev–Trinajstić information content (AvgIpc) is 2.90. The van der Waals surface area contributed by atoms with Crippen molar-refractivity contribution in [3.8, 4) is 6.01 Å². The van der Waals surface area contributed by atoms with Gasteiger partial charge in [0, 0.05) is 30.6 Å². The van der Waals surface area contributed by atoms with Crippen LogP contribution in [0.15, 0.2) is 5.38 Å². The molecule has 0 aromatic carbocycles. The van der Waals surface area contributed by atoms with Crippen LogP contribution < -0.4 is 15.4 Å². The molecular weight excluding hydrogens is 288 g/mol. The predicted molar refractivity (Wildman–Crippen MR) is 84.2 cm³/mol. The molecule has 0 saturated carbocycles. The molecule has 0 aliphatic heterocycles. The van der Waals surface area contributed by atoms with Crippen LogP contribution in [-0.2, 0) is 6.42 Å². The lowest BCUT2D eigenvalue weighted by atomic mass is 10.4. The zero-order chi connectivity index (χ0) is 15.1. The first-order valence-electron chi connectivity index (χ1n) is 6.90. The Balaban J connectivity index is 1.94. The minimum absolute atomic E-state index is 0.302. The summed E-state index contributed by atoms with van der Waals surface area (Å²) in [7, 11) is 1.54. The summed E-state index contributed by atoms with van der Waals surface area (Å²) in [4.78, 5) is 17.1. The molecule has 0 saturated heterocycles. The zero-order valence-corrected chi connectivity index (χ0v) is 13.3. The number of ether oxygens (including phenoxy) is 1. The van der Waals surface area contributed by atoms with Crippen molar-refractivity contribution in [3.05, 3.63) is 16.1 Å². The summed E-state index contributed by atoms with van der Waals surface area (Å²) < 4.78 is 5.09. The summed E-state index contributed by atoms with van der Waals surface area (Å²) >= 11 is 1.67. The van der Waals surface area contributed by atoms with Crippen LogP contribution in [0.25, 0.3) is 0 Å². The maximum atomic E-state index is 5.09. The van der Waals surface area contributed by atoms with E-state index in [1.54, 1.807) is 18.4 Å². The van der Waals surface area contributed by atoms with Gasteiger partial charge in [0.05, 0.1) is 12.1 Å². The largest absolute Gasteiger partial charge is 0.467 e. The van der Waals surface area contributed by atoms with E-state index in [2.05, 4.69) is 37.5 Å². The van der Waals surface area contributed by atoms with E-state index < -0.39 is 0 Å². The van der Waals surface area contributed by atoms with Gasteiger partial charge in [-0.1, -0.05) is 6.92 Å². The van der Waals surface area contributed by atoms with E-state index in [1.165, 1.54) is 0 Å². The molecule has 7 nitrogen and oxygen atoms in total. The number of methoxy groups -OCH3 is 1. The van der Waals surface area contributed by atoms with Crippen molar-refractivity contribution >= 4 is 23.2 Å². The molecule has 8 heteroatoms. The van der Waals surface area contributed by atoms with Crippen LogP contribution >= 0.6 is 11.3 Å². The molecule has 0 radical (unpaired) electrons. The van der Waals surface area contributed by atoms with Gasteiger partial charge in [0.1, 0.15) is 0 Å². The quantitative estimate of drug-likeness (QED) is 0.772. The standard InChI is InChI=1S/C13H20N6OS/c1-4-6-14-11-17-12(19-13(18-11)20-3)15-7-5-10-16-9(2)8-21-10/h8H,4-7H2,1-3H3,(H2,14,15,17,18,19). The van der Waals surface area contributed by atoms with Gasteiger partial charge < -0.3 is 15.4 Å². The van der Waals surface area contributed by atoms with E-state index in [4.69, 9.17) is 4.74 Å². The lowest BCUT2D eigenvalue weighted by Gasteiger charge is -2.08. The lowest BCUT2D eigenvalue weighted by Crippen LogP contribution is -2.12. The second kappa shape index (κ2) is 7.72. The highest BCUT2D eigenvalue weighted by atomic mass is 32.1. The number of nitrogens with zero attached hydrogens (tertiary/aromatic N) is 4. The number of nitrogens with one attached hydrogen (secondary N) is 2. The number of rotatable bonds is 8. The van der Waals surface area contributed by atoms with Crippen LogP contribution in [0.3, 0.4) is 0 Å². The molecule has 0 spiro atoms. The number of hydrogen-bond acceptors (Lipinski definition) is 8. The van der Waals surface area contributed by atoms with Gasteiger partial charge in [-0.15, -0.1) is 11.3 Å². The van der Waals surface area contributed by atoms with Crippen molar-refractivity contribution in [1.29, 1.82) is 0 Å². The molecule has 0 bridgehead atoms. The maximum Gasteiger partial charge on any atom is 0.322 e. The molecule has 21 heavy (non-hydrogen) atoms. The molecule has 2 rings (SSSR count). The second-order valence-corrected chi connectivity index (χ2v) is 5.40. The third kappa shape index (κ3) is 4.82. The van der Waals surface area contributed by atoms with Crippen molar-refractivity contribution in [2.24, 2.45) is 0 Å². The van der Waals surface area contributed by atoms with Crippen LogP contribution in [0, 0.1) is 6.92 Å². The first kappa shape index (κ1) is 15.4. The second-order valence-electron chi connectivity index (χ2n) is 4.46. The van der Waals surface area contributed by atoms with Crippen molar-refractivity contribution in [2.75, 3.05) is 30.8 Å². The van der Waals surface area contributed by atoms with Gasteiger partial charge in [0.2, 0.25) is 11.9 Å². The van der Waals surface area contributed by atoms with E-state index in [0.29, 0.717) is 24.5 Å². The smallest absolute Gasteiger partial charge is 0.322 e. The Morgan fingerprint density at radius 1 is 1.10 bits per heavy atom. The Morgan fingerprint density at radius 3 is 2.38 bits per heavy atom. The maximum absolute atomic E-state index is 5.09. The van der Waals surface area contributed by atoms with Gasteiger partial charge in [-0.05, 0) is 13.3 Å². The molecule has 0 aliphatic carbocycles. The van der Waals surface area contributed by atoms with E-state index >= 15 is 0 Å². The van der Waals surface area contributed by atoms with Gasteiger partial charge in [-0.3, -0.25) is 0 Å². The molecule has 0 aliphatic rings. The molecule has 114 valence electrons. The Morgan fingerprint density at radius 2 is 1.81 bits per heavy atom. The molecule has 2 aromatic rings. The monoisotopic (exact) mass is 308 g/mol. The van der Waals surface area contributed by atoms with E-state index in [1.807, 2.05) is 12.3 Å². The van der Waals surface area contributed by atoms with Crippen LogP contribution in [0.4, 0.5) is 11.9 Å². The van der Waals surface area contributed by atoms with Gasteiger partial charge in [0.25, 0.3) is 0 Å². The molecule has 0 fully saturated rings. The Kier molecular flexibility index (Phi) is 5.68. The molecular formula is C13H20N6OS. The minimum atomic E-state index is 0.302. The van der Waals surface area contributed by atoms with Crippen molar-refractivity contribution in [2.45, 2.75) is 26.7 Å². The zero-order valence-electron chi connectivity index (χ0n) is 12.5.